The molecule has 2 aromatic heterocycles. The topological polar surface area (TPSA) is 169 Å². The predicted molar refractivity (Wildman–Crippen MR) is 193 cm³/mol. The maximum Gasteiger partial charge on any atom is 0.387 e. The number of carbonyl (C=O) groups excluding carboxylic acids is 3. The number of nitrogens with zero attached hydrogens (tertiary/aromatic N) is 4. The Bertz CT molecular complexity index is 2240. The number of benzene rings is 2. The van der Waals surface area contributed by atoms with E-state index in [0.29, 0.717) is 21.1 Å². The average Bonchev–Trinajstić information content (AvgIpc) is 3.93. The van der Waals surface area contributed by atoms with E-state index in [1.807, 2.05) is 0 Å². The number of esters is 1. The van der Waals surface area contributed by atoms with Crippen LogP contribution >= 0.6 is 23.2 Å². The second-order valence-electron chi connectivity index (χ2n) is 12.7. The summed E-state index contributed by atoms with van der Waals surface area (Å²) in [5.74, 6) is -2.39. The summed E-state index contributed by atoms with van der Waals surface area (Å²) in [7, 11) is -2.48. The van der Waals surface area contributed by atoms with Crippen LogP contribution < -0.4 is 23.2 Å². The third kappa shape index (κ3) is 9.35. The number of fused-ring (bicyclic) bond motifs is 1. The molecule has 2 aromatic carbocycles. The van der Waals surface area contributed by atoms with Gasteiger partial charge in [0.15, 0.2) is 23.9 Å². The van der Waals surface area contributed by atoms with Gasteiger partial charge in [0.1, 0.15) is 28.4 Å². The predicted octanol–water partition coefficient (Wildman–Crippen LogP) is 5.51. The Labute approximate surface area is 323 Å². The molecule has 6 rings (SSSR count). The highest BCUT2D eigenvalue weighted by molar-refractivity contribution is 7.92. The first-order valence-electron chi connectivity index (χ1n) is 16.6. The van der Waals surface area contributed by atoms with Gasteiger partial charge in [0.25, 0.3) is 11.8 Å². The van der Waals surface area contributed by atoms with Gasteiger partial charge < -0.3 is 24.2 Å². The highest BCUT2D eigenvalue weighted by Crippen LogP contribution is 2.38. The number of methoxy groups -OCH3 is 1. The van der Waals surface area contributed by atoms with Crippen LogP contribution in [0.1, 0.15) is 56.5 Å². The zero-order valence-electron chi connectivity index (χ0n) is 29.1. The van der Waals surface area contributed by atoms with Crippen LogP contribution in [0.25, 0.3) is 0 Å². The smallest absolute Gasteiger partial charge is 0.387 e. The molecule has 3 heterocycles. The molecule has 290 valence electrons. The Morgan fingerprint density at radius 1 is 1.04 bits per heavy atom. The van der Waals surface area contributed by atoms with Gasteiger partial charge in [-0.3, -0.25) is 28.6 Å². The molecule has 0 spiro atoms. The minimum atomic E-state index is -3.93. The van der Waals surface area contributed by atoms with Crippen LogP contribution in [0.4, 0.5) is 14.5 Å². The van der Waals surface area contributed by atoms with Crippen LogP contribution in [-0.2, 0) is 32.5 Å². The standard InChI is InChI=1S/C36H32Cl2F2N4O10S/c1-51-24-9-10-41-22(12-24)15-44(55(2,49)50)23-6-7-25-26(13-23)35(47)43(34(25)46)18-33(45)53-31(14-27-28(37)16-42(48)17-29(27)38)21-5-8-30(54-36(39)40)32(11-21)52-19-20-3-4-20/h5-13,16-17,20,31,36H,3-4,14-15,18-19H2,1-2H3. The Morgan fingerprint density at radius 3 is 2.40 bits per heavy atom. The summed E-state index contributed by atoms with van der Waals surface area (Å²) in [6.07, 6.45) is 4.83. The van der Waals surface area contributed by atoms with E-state index < -0.39 is 47.1 Å². The van der Waals surface area contributed by atoms with Crippen molar-refractivity contribution < 1.29 is 55.3 Å². The van der Waals surface area contributed by atoms with Crippen LogP contribution in [0, 0.1) is 11.1 Å². The lowest BCUT2D eigenvalue weighted by Crippen LogP contribution is -2.36. The number of halogens is 4. The molecule has 1 atom stereocenters. The molecule has 1 saturated carbocycles. The van der Waals surface area contributed by atoms with Crippen LogP contribution in [0.2, 0.25) is 10.0 Å². The number of imide groups is 1. The lowest BCUT2D eigenvalue weighted by molar-refractivity contribution is -0.605. The largest absolute Gasteiger partial charge is 0.619 e. The number of carbonyl (C=O) groups is 3. The maximum atomic E-state index is 13.6. The second-order valence-corrected chi connectivity index (χ2v) is 15.4. The molecule has 0 radical (unpaired) electrons. The van der Waals surface area contributed by atoms with Gasteiger partial charge in [-0.05, 0) is 60.7 Å². The summed E-state index contributed by atoms with van der Waals surface area (Å²) >= 11 is 12.7. The lowest BCUT2D eigenvalue weighted by atomic mass is 10.0. The van der Waals surface area contributed by atoms with E-state index in [1.165, 1.54) is 49.7 Å². The first kappa shape index (κ1) is 39.4. The summed E-state index contributed by atoms with van der Waals surface area (Å²) in [5, 5.41) is 11.8. The van der Waals surface area contributed by atoms with Gasteiger partial charge >= 0.3 is 12.6 Å². The van der Waals surface area contributed by atoms with Crippen LogP contribution in [0.3, 0.4) is 0 Å². The second kappa shape index (κ2) is 16.2. The van der Waals surface area contributed by atoms with Crippen molar-refractivity contribution in [3.05, 3.63) is 110 Å². The first-order valence-corrected chi connectivity index (χ1v) is 19.2. The number of anilines is 1. The average molecular weight is 822 g/mol. The number of hydrogen-bond acceptors (Lipinski definition) is 11. The molecule has 4 aromatic rings. The Kier molecular flexibility index (Phi) is 11.6. The van der Waals surface area contributed by atoms with E-state index in [9.17, 15) is 36.8 Å². The Balaban J connectivity index is 1.26. The highest BCUT2D eigenvalue weighted by Gasteiger charge is 2.39. The molecule has 1 unspecified atom stereocenters. The molecular formula is C36H32Cl2F2N4O10S. The number of alkyl halides is 2. The molecule has 0 N–H and O–H groups in total. The SMILES string of the molecule is COc1ccnc(CN(c2ccc3c(c2)C(=O)N(CC(=O)OC(Cc2c(Cl)c[n+]([O-])cc2Cl)c2ccc(OC(F)F)c(OCC4CC4)c2)C3=O)S(C)(=O)=O)c1. The van der Waals surface area contributed by atoms with E-state index in [1.54, 1.807) is 12.1 Å². The lowest BCUT2D eigenvalue weighted by Gasteiger charge is -2.23. The highest BCUT2D eigenvalue weighted by atomic mass is 35.5. The summed E-state index contributed by atoms with van der Waals surface area (Å²) < 4.78 is 75.0. The van der Waals surface area contributed by atoms with Crippen molar-refractivity contribution in [2.75, 3.05) is 30.8 Å². The first-order chi connectivity index (χ1) is 26.1. The van der Waals surface area contributed by atoms with Gasteiger partial charge in [0, 0.05) is 24.2 Å². The molecule has 2 aliphatic rings. The number of aromatic nitrogens is 2. The number of amides is 2. The van der Waals surface area contributed by atoms with Crippen LogP contribution in [0.5, 0.6) is 17.2 Å². The number of rotatable bonds is 16. The Hall–Kier alpha value is -5.26. The minimum absolute atomic E-state index is 0.0464. The van der Waals surface area contributed by atoms with E-state index in [2.05, 4.69) is 9.72 Å². The van der Waals surface area contributed by atoms with Gasteiger partial charge in [0.2, 0.25) is 10.0 Å². The van der Waals surface area contributed by atoms with Crippen molar-refractivity contribution in [3.63, 3.8) is 0 Å². The van der Waals surface area contributed by atoms with E-state index in [0.717, 1.165) is 35.8 Å². The molecule has 19 heteroatoms. The zero-order chi connectivity index (χ0) is 39.6. The number of ether oxygens (including phenoxy) is 4. The monoisotopic (exact) mass is 820 g/mol. The zero-order valence-corrected chi connectivity index (χ0v) is 31.4. The number of sulfonamides is 1. The molecule has 0 bridgehead atoms. The van der Waals surface area contributed by atoms with Crippen molar-refractivity contribution in [1.82, 2.24) is 9.88 Å². The van der Waals surface area contributed by atoms with Crippen LogP contribution in [0.15, 0.2) is 67.1 Å². The molecule has 1 fully saturated rings. The molecule has 0 saturated heterocycles. The molecule has 55 heavy (non-hydrogen) atoms. The minimum Gasteiger partial charge on any atom is -0.619 e. The normalized spacial score (nSPS) is 14.5. The van der Waals surface area contributed by atoms with E-state index in [-0.39, 0.29) is 75.0 Å². The van der Waals surface area contributed by atoms with Gasteiger partial charge in [-0.1, -0.05) is 29.3 Å². The van der Waals surface area contributed by atoms with Crippen molar-refractivity contribution in [2.24, 2.45) is 5.92 Å². The summed E-state index contributed by atoms with van der Waals surface area (Å²) in [5.41, 5.74) is 0.604. The third-order valence-corrected chi connectivity index (χ3v) is 10.5. The molecule has 2 amide bonds. The van der Waals surface area contributed by atoms with Gasteiger partial charge in [-0.25, -0.2) is 8.42 Å². The Morgan fingerprint density at radius 2 is 1.75 bits per heavy atom. The van der Waals surface area contributed by atoms with Crippen LogP contribution in [-0.4, -0.2) is 69.2 Å². The van der Waals surface area contributed by atoms with Gasteiger partial charge in [0.05, 0.1) is 49.0 Å². The summed E-state index contributed by atoms with van der Waals surface area (Å²) in [4.78, 5) is 45.5. The summed E-state index contributed by atoms with van der Waals surface area (Å²) in [6, 6.07) is 10.9. The van der Waals surface area contributed by atoms with E-state index >= 15 is 0 Å². The van der Waals surface area contributed by atoms with Crippen molar-refractivity contribution >= 4 is 56.7 Å². The van der Waals surface area contributed by atoms with Gasteiger partial charge in [-0.15, -0.1) is 0 Å². The van der Waals surface area contributed by atoms with Crippen molar-refractivity contribution in [1.29, 1.82) is 0 Å². The molecule has 1 aliphatic carbocycles. The quantitative estimate of drug-likeness (QED) is 0.0605. The van der Waals surface area contributed by atoms with Crippen molar-refractivity contribution in [3.8, 4) is 17.2 Å². The van der Waals surface area contributed by atoms with E-state index in [4.69, 9.17) is 37.4 Å². The molecule has 14 nitrogen and oxygen atoms in total. The fraction of sp³-hybridized carbons (Fsp3) is 0.306. The molecular weight excluding hydrogens is 789 g/mol. The maximum absolute atomic E-state index is 13.6. The molecule has 1 aliphatic heterocycles. The fourth-order valence-electron chi connectivity index (χ4n) is 5.78. The summed E-state index contributed by atoms with van der Waals surface area (Å²) in [6.45, 7) is -4.01. The number of pyridine rings is 2. The third-order valence-electron chi connectivity index (χ3n) is 8.71. The fourth-order valence-corrected chi connectivity index (χ4v) is 7.24. The van der Waals surface area contributed by atoms with Crippen molar-refractivity contribution in [2.45, 2.75) is 38.5 Å². The number of hydrogen-bond donors (Lipinski definition) is 0. The van der Waals surface area contributed by atoms with Gasteiger partial charge in [-0.2, -0.15) is 13.5 Å².